The number of ether oxygens (including phenoxy) is 1. The molecule has 0 N–H and O–H groups in total. The molecule has 30 heavy (non-hydrogen) atoms. The molecule has 0 unspecified atom stereocenters. The van der Waals surface area contributed by atoms with Gasteiger partial charge in [-0.1, -0.05) is 29.5 Å². The number of esters is 1. The van der Waals surface area contributed by atoms with Crippen LogP contribution >= 0.6 is 22.7 Å². The zero-order valence-corrected chi connectivity index (χ0v) is 17.5. The molecule has 1 aromatic carbocycles. The summed E-state index contributed by atoms with van der Waals surface area (Å²) >= 11 is 2.60. The van der Waals surface area contributed by atoms with Crippen molar-refractivity contribution >= 4 is 40.4 Å². The molecule has 0 spiro atoms. The van der Waals surface area contributed by atoms with Gasteiger partial charge < -0.3 is 4.74 Å². The number of thiophene rings is 1. The number of carbonyl (C=O) groups excluding carboxylic acids is 1. The lowest BCUT2D eigenvalue weighted by Gasteiger charge is -2.22. The summed E-state index contributed by atoms with van der Waals surface area (Å²) < 4.78 is 6.80. The summed E-state index contributed by atoms with van der Waals surface area (Å²) in [6, 6.07) is 9.11. The fourth-order valence-electron chi connectivity index (χ4n) is 3.29. The van der Waals surface area contributed by atoms with E-state index in [4.69, 9.17) is 4.74 Å². The zero-order valence-electron chi connectivity index (χ0n) is 15.9. The first-order valence-electron chi connectivity index (χ1n) is 8.79. The van der Waals surface area contributed by atoms with E-state index in [1.54, 1.807) is 25.1 Å². The minimum atomic E-state index is -0.638. The topological polar surface area (TPSA) is 104 Å². The minimum Gasteiger partial charge on any atom is -0.466 e. The Hall–Kier alpha value is -3.37. The molecular weight excluding hydrogens is 426 g/mol. The minimum absolute atomic E-state index is 0.0585. The Bertz CT molecular complexity index is 1370. The van der Waals surface area contributed by atoms with Crippen LogP contribution in [0.1, 0.15) is 23.4 Å². The van der Waals surface area contributed by atoms with Gasteiger partial charge in [-0.25, -0.2) is 9.79 Å². The maximum Gasteiger partial charge on any atom is 0.338 e. The molecular formula is C20H15N3O5S2. The molecule has 0 bridgehead atoms. The van der Waals surface area contributed by atoms with Crippen molar-refractivity contribution in [2.45, 2.75) is 13.0 Å². The summed E-state index contributed by atoms with van der Waals surface area (Å²) in [5.74, 6) is -0.539. The lowest BCUT2D eigenvalue weighted by Crippen LogP contribution is -2.39. The molecule has 0 saturated carbocycles. The number of non-ortho nitro benzene ring substituents is 1. The van der Waals surface area contributed by atoms with Crippen molar-refractivity contribution in [1.29, 1.82) is 0 Å². The Balaban J connectivity index is 1.94. The second kappa shape index (κ2) is 7.81. The second-order valence-electron chi connectivity index (χ2n) is 6.44. The highest BCUT2D eigenvalue weighted by atomic mass is 32.1. The van der Waals surface area contributed by atoms with Gasteiger partial charge in [0.1, 0.15) is 6.04 Å². The van der Waals surface area contributed by atoms with Gasteiger partial charge in [0.25, 0.3) is 11.2 Å². The van der Waals surface area contributed by atoms with Crippen molar-refractivity contribution in [2.75, 3.05) is 7.11 Å². The first-order valence-corrected chi connectivity index (χ1v) is 10.5. The third kappa shape index (κ3) is 3.40. The van der Waals surface area contributed by atoms with Crippen LogP contribution in [0.2, 0.25) is 0 Å². The number of thiazole rings is 1. The first-order chi connectivity index (χ1) is 14.4. The second-order valence-corrected chi connectivity index (χ2v) is 8.43. The van der Waals surface area contributed by atoms with Gasteiger partial charge in [0.15, 0.2) is 4.80 Å². The van der Waals surface area contributed by atoms with E-state index in [0.717, 1.165) is 4.88 Å². The fraction of sp³-hybridized carbons (Fsp3) is 0.150. The summed E-state index contributed by atoms with van der Waals surface area (Å²) in [5, 5.41) is 12.9. The van der Waals surface area contributed by atoms with Crippen molar-refractivity contribution in [1.82, 2.24) is 4.57 Å². The van der Waals surface area contributed by atoms with Crippen LogP contribution in [0.15, 0.2) is 62.8 Å². The van der Waals surface area contributed by atoms with Gasteiger partial charge in [-0.05, 0) is 30.0 Å². The molecule has 1 aliphatic heterocycles. The van der Waals surface area contributed by atoms with Crippen LogP contribution in [0.25, 0.3) is 6.08 Å². The Kier molecular flexibility index (Phi) is 5.18. The van der Waals surface area contributed by atoms with Crippen LogP contribution in [0.4, 0.5) is 5.69 Å². The van der Waals surface area contributed by atoms with Gasteiger partial charge in [0.2, 0.25) is 0 Å². The summed E-state index contributed by atoms with van der Waals surface area (Å²) in [4.78, 5) is 42.1. The van der Waals surface area contributed by atoms with Crippen molar-refractivity contribution < 1.29 is 14.5 Å². The van der Waals surface area contributed by atoms with E-state index in [1.807, 2.05) is 17.5 Å². The SMILES string of the molecule is COC(=O)C1=C(C)N=c2sc(=Cc3cccc([N+](=O)[O-])c3)c(=O)n2[C@@H]1c1cccs1. The molecule has 10 heteroatoms. The molecule has 8 nitrogen and oxygen atoms in total. The van der Waals surface area contributed by atoms with Gasteiger partial charge in [-0.15, -0.1) is 11.3 Å². The molecule has 1 atom stereocenters. The van der Waals surface area contributed by atoms with Crippen molar-refractivity contribution in [3.8, 4) is 0 Å². The van der Waals surface area contributed by atoms with E-state index in [1.165, 1.54) is 46.5 Å². The smallest absolute Gasteiger partial charge is 0.338 e. The number of nitrogens with zero attached hydrogens (tertiary/aromatic N) is 3. The molecule has 4 rings (SSSR count). The highest BCUT2D eigenvalue weighted by Gasteiger charge is 2.33. The Morgan fingerprint density at radius 3 is 2.80 bits per heavy atom. The van der Waals surface area contributed by atoms with Crippen molar-refractivity contribution in [2.24, 2.45) is 4.99 Å². The largest absolute Gasteiger partial charge is 0.466 e. The number of hydrogen-bond donors (Lipinski definition) is 0. The maximum absolute atomic E-state index is 13.3. The lowest BCUT2D eigenvalue weighted by molar-refractivity contribution is -0.384. The number of hydrogen-bond acceptors (Lipinski definition) is 8. The number of aromatic nitrogens is 1. The highest BCUT2D eigenvalue weighted by molar-refractivity contribution is 7.10. The van der Waals surface area contributed by atoms with Gasteiger partial charge in [0, 0.05) is 17.0 Å². The number of rotatable bonds is 4. The lowest BCUT2D eigenvalue weighted by atomic mass is 10.0. The average molecular weight is 441 g/mol. The number of nitro groups is 1. The van der Waals surface area contributed by atoms with E-state index < -0.39 is 16.9 Å². The molecule has 1 aliphatic rings. The van der Waals surface area contributed by atoms with Crippen LogP contribution in [-0.4, -0.2) is 22.6 Å². The molecule has 152 valence electrons. The third-order valence-electron chi connectivity index (χ3n) is 4.62. The molecule has 2 aromatic heterocycles. The number of nitro benzene ring substituents is 1. The highest BCUT2D eigenvalue weighted by Crippen LogP contribution is 2.32. The van der Waals surface area contributed by atoms with Gasteiger partial charge in [-0.2, -0.15) is 0 Å². The number of methoxy groups -OCH3 is 1. The molecule has 3 aromatic rings. The molecule has 0 fully saturated rings. The van der Waals surface area contributed by atoms with Crippen LogP contribution in [0, 0.1) is 10.1 Å². The van der Waals surface area contributed by atoms with Gasteiger partial charge in [-0.3, -0.25) is 19.5 Å². The van der Waals surface area contributed by atoms with Gasteiger partial charge >= 0.3 is 5.97 Å². The van der Waals surface area contributed by atoms with E-state index in [9.17, 15) is 19.7 Å². The molecule has 0 amide bonds. The number of benzene rings is 1. The summed E-state index contributed by atoms with van der Waals surface area (Å²) in [6.07, 6.45) is 1.60. The zero-order chi connectivity index (χ0) is 21.4. The molecule has 0 saturated heterocycles. The van der Waals surface area contributed by atoms with E-state index in [-0.39, 0.29) is 11.2 Å². The Morgan fingerprint density at radius 1 is 1.33 bits per heavy atom. The number of allylic oxidation sites excluding steroid dienone is 1. The summed E-state index contributed by atoms with van der Waals surface area (Å²) in [7, 11) is 1.29. The normalized spacial score (nSPS) is 16.2. The Labute approximate surface area is 177 Å². The third-order valence-corrected chi connectivity index (χ3v) is 6.53. The van der Waals surface area contributed by atoms with Crippen LogP contribution < -0.4 is 14.9 Å². The fourth-order valence-corrected chi connectivity index (χ4v) is 5.16. The van der Waals surface area contributed by atoms with Crippen LogP contribution in [-0.2, 0) is 9.53 Å². The van der Waals surface area contributed by atoms with E-state index in [2.05, 4.69) is 4.99 Å². The summed E-state index contributed by atoms with van der Waals surface area (Å²) in [6.45, 7) is 1.71. The molecule has 0 radical (unpaired) electrons. The monoisotopic (exact) mass is 441 g/mol. The van der Waals surface area contributed by atoms with Gasteiger partial charge in [0.05, 0.1) is 27.8 Å². The first kappa shape index (κ1) is 19.9. The average Bonchev–Trinajstić information content (AvgIpc) is 3.36. The predicted molar refractivity (Wildman–Crippen MR) is 113 cm³/mol. The number of carbonyl (C=O) groups is 1. The number of fused-ring (bicyclic) bond motifs is 1. The van der Waals surface area contributed by atoms with E-state index in [0.29, 0.717) is 26.2 Å². The standard InChI is InChI=1S/C20H15N3O5S2/c1-11-16(19(25)28-2)17(14-7-4-8-29-14)22-18(24)15(30-20(22)21-11)10-12-5-3-6-13(9-12)23(26)27/h3-10,17H,1-2H3/t17-/m1/s1. The predicted octanol–water partition coefficient (Wildman–Crippen LogP) is 2.38. The van der Waals surface area contributed by atoms with Crippen molar-refractivity contribution in [3.05, 3.63) is 93.3 Å². The van der Waals surface area contributed by atoms with E-state index >= 15 is 0 Å². The molecule has 3 heterocycles. The van der Waals surface area contributed by atoms with Crippen LogP contribution in [0.5, 0.6) is 0 Å². The molecule has 0 aliphatic carbocycles. The van der Waals surface area contributed by atoms with Crippen molar-refractivity contribution in [3.63, 3.8) is 0 Å². The van der Waals surface area contributed by atoms with Crippen LogP contribution in [0.3, 0.4) is 0 Å². The maximum atomic E-state index is 13.3. The summed E-state index contributed by atoms with van der Waals surface area (Å²) in [5.41, 5.74) is 0.957. The Morgan fingerprint density at radius 2 is 2.13 bits per heavy atom. The quantitative estimate of drug-likeness (QED) is 0.351.